The lowest BCUT2D eigenvalue weighted by molar-refractivity contribution is -0.798. The second-order valence-corrected chi connectivity index (χ2v) is 9.40. The summed E-state index contributed by atoms with van der Waals surface area (Å²) in [5, 5.41) is 6.08. The van der Waals surface area contributed by atoms with Crippen LogP contribution in [0.2, 0.25) is 10.0 Å². The van der Waals surface area contributed by atoms with Crippen molar-refractivity contribution in [3.8, 4) is 0 Å². The number of amides is 2. The lowest BCUT2D eigenvalue weighted by Crippen LogP contribution is -2.71. The summed E-state index contributed by atoms with van der Waals surface area (Å²) in [4.78, 5) is 37.1. The lowest BCUT2D eigenvalue weighted by atomic mass is 9.58. The van der Waals surface area contributed by atoms with Gasteiger partial charge in [0, 0.05) is 18.0 Å². The zero-order chi connectivity index (χ0) is 22.1. The molecule has 0 radical (unpaired) electrons. The predicted octanol–water partition coefficient (Wildman–Crippen LogP) is 1.77. The number of fused-ring (bicyclic) bond motifs is 1. The van der Waals surface area contributed by atoms with Crippen molar-refractivity contribution >= 4 is 47.7 Å². The monoisotopic (exact) mass is 457 g/mol. The van der Waals surface area contributed by atoms with E-state index >= 15 is 0 Å². The van der Waals surface area contributed by atoms with E-state index in [0.717, 1.165) is 0 Å². The Morgan fingerprint density at radius 3 is 2.73 bits per heavy atom. The van der Waals surface area contributed by atoms with E-state index in [0.29, 0.717) is 29.0 Å². The van der Waals surface area contributed by atoms with Crippen LogP contribution in [0.4, 0.5) is 0 Å². The van der Waals surface area contributed by atoms with Gasteiger partial charge in [-0.15, -0.1) is 0 Å². The van der Waals surface area contributed by atoms with Crippen LogP contribution in [0.15, 0.2) is 18.2 Å². The van der Waals surface area contributed by atoms with Crippen LogP contribution in [-0.2, 0) is 18.9 Å². The molecule has 0 spiro atoms. The minimum atomic E-state index is -2.07. The molecule has 0 bridgehead atoms. The van der Waals surface area contributed by atoms with Crippen LogP contribution in [-0.4, -0.2) is 68.1 Å². The van der Waals surface area contributed by atoms with Gasteiger partial charge in [-0.25, -0.2) is 0 Å². The third kappa shape index (κ3) is 4.44. The maximum absolute atomic E-state index is 12.7. The maximum atomic E-state index is 12.7. The Bertz CT molecular complexity index is 871. The Kier molecular flexibility index (Phi) is 6.67. The molecule has 164 valence electrons. The summed E-state index contributed by atoms with van der Waals surface area (Å²) in [7, 11) is 1.92. The average Bonchev–Trinajstić information content (AvgIpc) is 3.09. The summed E-state index contributed by atoms with van der Waals surface area (Å²) < 4.78 is 12.0. The highest BCUT2D eigenvalue weighted by molar-refractivity contribution is 6.65. The Labute approximate surface area is 185 Å². The quantitative estimate of drug-likeness (QED) is 0.608. The van der Waals surface area contributed by atoms with E-state index in [-0.39, 0.29) is 35.6 Å². The van der Waals surface area contributed by atoms with Gasteiger partial charge in [-0.2, -0.15) is 0 Å². The third-order valence-electron chi connectivity index (χ3n) is 5.78. The van der Waals surface area contributed by atoms with Crippen LogP contribution in [0, 0.1) is 5.92 Å². The molecule has 2 amide bonds. The number of halogens is 2. The van der Waals surface area contributed by atoms with Gasteiger partial charge in [0.25, 0.3) is 5.91 Å². The molecule has 0 saturated carbocycles. The highest BCUT2D eigenvalue weighted by Gasteiger charge is 2.65. The molecule has 0 aromatic heterocycles. The second kappa shape index (κ2) is 8.74. The van der Waals surface area contributed by atoms with Crippen molar-refractivity contribution in [1.82, 2.24) is 10.6 Å². The van der Waals surface area contributed by atoms with E-state index in [9.17, 15) is 14.4 Å². The maximum Gasteiger partial charge on any atom is 0.549 e. The molecule has 2 fully saturated rings. The van der Waals surface area contributed by atoms with Crippen LogP contribution in [0.1, 0.15) is 30.6 Å². The lowest BCUT2D eigenvalue weighted by Gasteiger charge is -2.46. The molecular weight excluding hydrogens is 432 g/mol. The number of likely N-dealkylation sites (N-methyl/N-ethyl adjacent to an activating group) is 1. The summed E-state index contributed by atoms with van der Waals surface area (Å²) in [5.74, 6) is -1.52. The second-order valence-electron chi connectivity index (χ2n) is 8.56. The fraction of sp³-hybridized carbons (Fsp3) is 0.526. The van der Waals surface area contributed by atoms with Crippen molar-refractivity contribution in [2.75, 3.05) is 33.3 Å². The number of carbonyl (C=O) groups excluding carboxylic acids is 3. The highest BCUT2D eigenvalue weighted by atomic mass is 35.5. The highest BCUT2D eigenvalue weighted by Crippen LogP contribution is 2.37. The fourth-order valence-electron chi connectivity index (χ4n) is 4.34. The summed E-state index contributed by atoms with van der Waals surface area (Å²) in [6.07, 6.45) is 0.570. The Morgan fingerprint density at radius 2 is 2.03 bits per heavy atom. The first-order chi connectivity index (χ1) is 14.1. The molecule has 0 aliphatic carbocycles. The number of benzene rings is 1. The van der Waals surface area contributed by atoms with Gasteiger partial charge in [0.15, 0.2) is 0 Å². The van der Waals surface area contributed by atoms with Crippen molar-refractivity contribution in [2.45, 2.75) is 26.2 Å². The Balaban J connectivity index is 1.70. The minimum absolute atomic E-state index is 0.187. The van der Waals surface area contributed by atoms with Crippen LogP contribution >= 0.6 is 23.2 Å². The third-order valence-corrected chi connectivity index (χ3v) is 6.35. The molecule has 30 heavy (non-hydrogen) atoms. The van der Waals surface area contributed by atoms with E-state index in [4.69, 9.17) is 32.5 Å². The number of hydrogen-bond acceptors (Lipinski definition) is 5. The van der Waals surface area contributed by atoms with Gasteiger partial charge in [0.2, 0.25) is 5.91 Å². The molecule has 2 N–H and O–H groups in total. The molecule has 3 atom stereocenters. The zero-order valence-electron chi connectivity index (χ0n) is 17.2. The standard InChI is InChI=1S/C19H26BCl2N3O5/c1-12(2)8-16(20-25(3,6-7-29-20)11-18(27)30-20)24-17(26)10-23-19(28)14-9-13(21)4-5-15(14)22/h4-5,9,12,16H,6-8,10-11H2,1-3H3,(H,23,28)(H,24,26)/t16-,20?,25?/m0/s1. The first-order valence-corrected chi connectivity index (χ1v) is 10.7. The molecule has 2 saturated heterocycles. The zero-order valence-corrected chi connectivity index (χ0v) is 18.8. The molecule has 2 aliphatic rings. The first-order valence-electron chi connectivity index (χ1n) is 9.93. The van der Waals surface area contributed by atoms with Crippen molar-refractivity contribution in [2.24, 2.45) is 5.92 Å². The van der Waals surface area contributed by atoms with E-state index in [1.165, 1.54) is 12.1 Å². The van der Waals surface area contributed by atoms with Gasteiger partial charge < -0.3 is 24.3 Å². The Hall–Kier alpha value is -1.81. The summed E-state index contributed by atoms with van der Waals surface area (Å²) in [5.41, 5.74) is 0.187. The smallest absolute Gasteiger partial charge is 0.549 e. The molecule has 2 heterocycles. The van der Waals surface area contributed by atoms with E-state index in [1.54, 1.807) is 6.07 Å². The fourth-order valence-corrected chi connectivity index (χ4v) is 4.72. The van der Waals surface area contributed by atoms with Crippen molar-refractivity contribution in [1.29, 1.82) is 0 Å². The van der Waals surface area contributed by atoms with Crippen LogP contribution < -0.4 is 10.6 Å². The number of rotatable bonds is 7. The SMILES string of the molecule is CC(C)C[C@H](NC(=O)CNC(=O)c1cc(Cl)ccc1Cl)[B-]12OCC[N+]1(C)CC(=O)O2. The molecule has 3 rings (SSSR count). The van der Waals surface area contributed by atoms with Gasteiger partial charge >= 0.3 is 12.7 Å². The van der Waals surface area contributed by atoms with Crippen molar-refractivity contribution < 1.29 is 28.1 Å². The number of hydrogen-bond donors (Lipinski definition) is 2. The minimum Gasteiger partial charge on any atom is -0.610 e. The number of quaternary nitrogens is 1. The molecule has 2 aliphatic heterocycles. The topological polar surface area (TPSA) is 93.7 Å². The van der Waals surface area contributed by atoms with E-state index < -0.39 is 24.4 Å². The van der Waals surface area contributed by atoms with Gasteiger partial charge in [-0.1, -0.05) is 43.5 Å². The van der Waals surface area contributed by atoms with Crippen LogP contribution in [0.25, 0.3) is 0 Å². The first kappa shape index (κ1) is 22.9. The summed E-state index contributed by atoms with van der Waals surface area (Å²) in [6, 6.07) is 4.53. The van der Waals surface area contributed by atoms with Crippen molar-refractivity contribution in [3.63, 3.8) is 0 Å². The largest absolute Gasteiger partial charge is 0.610 e. The molecule has 2 unspecified atom stereocenters. The van der Waals surface area contributed by atoms with Gasteiger partial charge in [-0.3, -0.25) is 14.4 Å². The predicted molar refractivity (Wildman–Crippen MR) is 114 cm³/mol. The van der Waals surface area contributed by atoms with Crippen LogP contribution in [0.3, 0.4) is 0 Å². The number of nitrogens with one attached hydrogen (secondary N) is 2. The molecule has 11 heteroatoms. The summed E-state index contributed by atoms with van der Waals surface area (Å²) >= 11 is 12.0. The van der Waals surface area contributed by atoms with E-state index in [2.05, 4.69) is 10.6 Å². The number of carbonyl (C=O) groups is 3. The van der Waals surface area contributed by atoms with Gasteiger partial charge in [0.1, 0.15) is 6.54 Å². The summed E-state index contributed by atoms with van der Waals surface area (Å²) in [6.45, 7) is 3.01. The molecule has 1 aromatic carbocycles. The Morgan fingerprint density at radius 1 is 1.30 bits per heavy atom. The molecule has 1 aromatic rings. The van der Waals surface area contributed by atoms with Crippen LogP contribution in [0.5, 0.6) is 0 Å². The van der Waals surface area contributed by atoms with E-state index in [1.807, 2.05) is 20.9 Å². The normalized spacial score (nSPS) is 26.3. The van der Waals surface area contributed by atoms with Crippen molar-refractivity contribution in [3.05, 3.63) is 33.8 Å². The van der Waals surface area contributed by atoms with Gasteiger partial charge in [-0.05, 0) is 24.1 Å². The number of nitrogens with zero attached hydrogens (tertiary/aromatic N) is 1. The molecular formula is C19H26BCl2N3O5. The van der Waals surface area contributed by atoms with Gasteiger partial charge in [0.05, 0.1) is 30.3 Å². The molecule has 8 nitrogen and oxygen atoms in total. The average molecular weight is 458 g/mol.